The predicted molar refractivity (Wildman–Crippen MR) is 140 cm³/mol. The summed E-state index contributed by atoms with van der Waals surface area (Å²) < 4.78 is 28.6. The predicted octanol–water partition coefficient (Wildman–Crippen LogP) is 7.19. The molecular weight excluding hydrogens is 444 g/mol. The van der Waals surface area contributed by atoms with E-state index >= 15 is 0 Å². The van der Waals surface area contributed by atoms with Gasteiger partial charge in [-0.3, -0.25) is 4.79 Å². The molecule has 0 fully saturated rings. The topological polar surface area (TPSA) is 60.4 Å². The summed E-state index contributed by atoms with van der Waals surface area (Å²) in [5, 5.41) is 4.67. The van der Waals surface area contributed by atoms with Gasteiger partial charge in [0.2, 0.25) is 0 Å². The van der Waals surface area contributed by atoms with E-state index in [0.717, 1.165) is 28.3 Å². The Kier molecular flexibility index (Phi) is 8.46. The first-order chi connectivity index (χ1) is 16.3. The summed E-state index contributed by atoms with van der Waals surface area (Å²) in [5.74, 6) is -0.00496. The maximum absolute atomic E-state index is 11.5. The van der Waals surface area contributed by atoms with Crippen molar-refractivity contribution in [1.29, 1.82) is 0 Å². The van der Waals surface area contributed by atoms with Crippen molar-refractivity contribution < 1.29 is 17.9 Å². The second-order valence-electron chi connectivity index (χ2n) is 8.37. The van der Waals surface area contributed by atoms with Crippen molar-refractivity contribution in [1.82, 2.24) is 0 Å². The standard InChI is InChI=1S/C19H18O2.C10H14O2S/c1-3-18(21-13(2)20)19-16-10-6-4-8-14(16)12-15-9-5-7-11-17(15)19;1-3-8-13(11,12)10-6-4-9(2)5-7-10/h4-12,18H,3H2,1-2H3;4-7H,3,8H2,1-2H3. The Balaban J connectivity index is 0.000000215. The zero-order valence-electron chi connectivity index (χ0n) is 20.2. The lowest BCUT2D eigenvalue weighted by atomic mass is 9.92. The average molecular weight is 477 g/mol. The molecule has 0 bridgehead atoms. The highest BCUT2D eigenvalue weighted by atomic mass is 32.2. The number of fused-ring (bicyclic) bond motifs is 2. The molecule has 5 heteroatoms. The lowest BCUT2D eigenvalue weighted by molar-refractivity contribution is -0.146. The summed E-state index contributed by atoms with van der Waals surface area (Å²) in [5.41, 5.74) is 2.19. The van der Waals surface area contributed by atoms with Crippen LogP contribution in [0.15, 0.2) is 83.8 Å². The summed E-state index contributed by atoms with van der Waals surface area (Å²) in [6, 6.07) is 25.7. The minimum atomic E-state index is -3.03. The molecule has 4 aromatic rings. The molecule has 0 aliphatic rings. The number of carbonyl (C=O) groups is 1. The number of sulfone groups is 1. The molecule has 4 rings (SSSR count). The van der Waals surface area contributed by atoms with E-state index in [1.807, 2.05) is 57.2 Å². The summed E-state index contributed by atoms with van der Waals surface area (Å²) in [7, 11) is -3.03. The first-order valence-corrected chi connectivity index (χ1v) is 13.3. The van der Waals surface area contributed by atoms with Crippen molar-refractivity contribution in [2.24, 2.45) is 0 Å². The second-order valence-corrected chi connectivity index (χ2v) is 10.5. The van der Waals surface area contributed by atoms with E-state index in [-0.39, 0.29) is 17.8 Å². The van der Waals surface area contributed by atoms with Crippen LogP contribution in [0, 0.1) is 6.92 Å². The molecule has 0 N–H and O–H groups in total. The molecular formula is C29H32O4S. The fourth-order valence-electron chi connectivity index (χ4n) is 4.07. The molecule has 0 saturated heterocycles. The van der Waals surface area contributed by atoms with Crippen molar-refractivity contribution in [3.05, 3.63) is 90.0 Å². The first kappa shape index (κ1) is 25.4. The molecule has 0 aliphatic carbocycles. The zero-order valence-corrected chi connectivity index (χ0v) is 21.1. The van der Waals surface area contributed by atoms with E-state index in [0.29, 0.717) is 11.3 Å². The lowest BCUT2D eigenvalue weighted by Gasteiger charge is -2.20. The zero-order chi connectivity index (χ0) is 24.7. The average Bonchev–Trinajstić information content (AvgIpc) is 2.82. The van der Waals surface area contributed by atoms with E-state index in [9.17, 15) is 13.2 Å². The van der Waals surface area contributed by atoms with Crippen LogP contribution >= 0.6 is 0 Å². The van der Waals surface area contributed by atoms with Gasteiger partial charge in [0.1, 0.15) is 6.10 Å². The minimum absolute atomic E-state index is 0.210. The molecule has 1 atom stereocenters. The quantitative estimate of drug-likeness (QED) is 0.218. The third-order valence-corrected chi connectivity index (χ3v) is 7.60. The Morgan fingerprint density at radius 1 is 0.853 bits per heavy atom. The molecule has 4 nitrogen and oxygen atoms in total. The molecule has 0 aromatic heterocycles. The molecule has 4 aromatic carbocycles. The smallest absolute Gasteiger partial charge is 0.303 e. The number of aryl methyl sites for hydroxylation is 1. The highest BCUT2D eigenvalue weighted by Crippen LogP contribution is 2.35. The number of carbonyl (C=O) groups excluding carboxylic acids is 1. The minimum Gasteiger partial charge on any atom is -0.458 e. The summed E-state index contributed by atoms with van der Waals surface area (Å²) in [6.07, 6.45) is 1.21. The van der Waals surface area contributed by atoms with Gasteiger partial charge in [-0.05, 0) is 59.5 Å². The monoisotopic (exact) mass is 476 g/mol. The van der Waals surface area contributed by atoms with E-state index in [1.165, 1.54) is 17.7 Å². The van der Waals surface area contributed by atoms with Crippen LogP contribution in [-0.4, -0.2) is 20.1 Å². The van der Waals surface area contributed by atoms with Crippen LogP contribution < -0.4 is 0 Å². The van der Waals surface area contributed by atoms with Gasteiger partial charge in [0, 0.05) is 12.5 Å². The molecule has 0 saturated carbocycles. The molecule has 0 spiro atoms. The van der Waals surface area contributed by atoms with Gasteiger partial charge in [-0.1, -0.05) is 80.1 Å². The first-order valence-electron chi connectivity index (χ1n) is 11.6. The maximum atomic E-state index is 11.5. The summed E-state index contributed by atoms with van der Waals surface area (Å²) >= 11 is 0. The van der Waals surface area contributed by atoms with E-state index in [1.54, 1.807) is 12.1 Å². The Bertz CT molecular complexity index is 1320. The van der Waals surface area contributed by atoms with Crippen LogP contribution in [0.25, 0.3) is 21.5 Å². The van der Waals surface area contributed by atoms with Gasteiger partial charge in [-0.25, -0.2) is 8.42 Å². The van der Waals surface area contributed by atoms with Crippen LogP contribution in [-0.2, 0) is 19.4 Å². The lowest BCUT2D eigenvalue weighted by Crippen LogP contribution is -2.08. The van der Waals surface area contributed by atoms with Gasteiger partial charge in [-0.2, -0.15) is 0 Å². The number of esters is 1. The van der Waals surface area contributed by atoms with Crippen molar-refractivity contribution in [2.45, 2.75) is 51.5 Å². The highest BCUT2D eigenvalue weighted by Gasteiger charge is 2.18. The van der Waals surface area contributed by atoms with Crippen molar-refractivity contribution in [2.75, 3.05) is 5.75 Å². The van der Waals surface area contributed by atoms with Gasteiger partial charge in [0.25, 0.3) is 0 Å². The number of hydrogen-bond donors (Lipinski definition) is 0. The SMILES string of the molecule is CCC(OC(C)=O)c1c2ccccc2cc2ccccc12.CCCS(=O)(=O)c1ccc(C)cc1. The van der Waals surface area contributed by atoms with Gasteiger partial charge in [0.15, 0.2) is 9.84 Å². The molecule has 34 heavy (non-hydrogen) atoms. The van der Waals surface area contributed by atoms with Crippen LogP contribution in [0.4, 0.5) is 0 Å². The Labute approximate surface area is 202 Å². The van der Waals surface area contributed by atoms with Crippen LogP contribution in [0.3, 0.4) is 0 Å². The number of benzene rings is 4. The van der Waals surface area contributed by atoms with Gasteiger partial charge >= 0.3 is 5.97 Å². The van der Waals surface area contributed by atoms with Gasteiger partial charge in [-0.15, -0.1) is 0 Å². The second kappa shape index (κ2) is 11.3. The van der Waals surface area contributed by atoms with Crippen molar-refractivity contribution in [3.63, 3.8) is 0 Å². The van der Waals surface area contributed by atoms with Crippen molar-refractivity contribution in [3.8, 4) is 0 Å². The third kappa shape index (κ3) is 6.03. The molecule has 0 amide bonds. The number of rotatable bonds is 6. The van der Waals surface area contributed by atoms with Crippen molar-refractivity contribution >= 4 is 37.4 Å². The Morgan fingerprint density at radius 2 is 1.38 bits per heavy atom. The van der Waals surface area contributed by atoms with E-state index in [4.69, 9.17) is 4.74 Å². The molecule has 1 unspecified atom stereocenters. The molecule has 0 aliphatic heterocycles. The third-order valence-electron chi connectivity index (χ3n) is 5.67. The normalized spacial score (nSPS) is 12.1. The molecule has 178 valence electrons. The maximum Gasteiger partial charge on any atom is 0.303 e. The summed E-state index contributed by atoms with van der Waals surface area (Å²) in [6.45, 7) is 7.32. The highest BCUT2D eigenvalue weighted by molar-refractivity contribution is 7.91. The van der Waals surface area contributed by atoms with E-state index < -0.39 is 9.84 Å². The fourth-order valence-corrected chi connectivity index (χ4v) is 5.40. The van der Waals surface area contributed by atoms with Gasteiger partial charge < -0.3 is 4.74 Å². The van der Waals surface area contributed by atoms with E-state index in [2.05, 4.69) is 30.3 Å². The van der Waals surface area contributed by atoms with Crippen LogP contribution in [0.1, 0.15) is 50.8 Å². The molecule has 0 radical (unpaired) electrons. The Morgan fingerprint density at radius 3 is 1.85 bits per heavy atom. The fraction of sp³-hybridized carbons (Fsp3) is 0.276. The van der Waals surface area contributed by atoms with Gasteiger partial charge in [0.05, 0.1) is 10.6 Å². The largest absolute Gasteiger partial charge is 0.458 e. The molecule has 0 heterocycles. The number of ether oxygens (including phenoxy) is 1. The van der Waals surface area contributed by atoms with Crippen LogP contribution in [0.2, 0.25) is 0 Å². The number of hydrogen-bond acceptors (Lipinski definition) is 4. The van der Waals surface area contributed by atoms with Crippen LogP contribution in [0.5, 0.6) is 0 Å². The summed E-state index contributed by atoms with van der Waals surface area (Å²) in [4.78, 5) is 11.9. The Hall–Kier alpha value is -3.18.